The second-order valence-corrected chi connectivity index (χ2v) is 4.90. The fourth-order valence-electron chi connectivity index (χ4n) is 1.62. The minimum absolute atomic E-state index is 0.330. The third kappa shape index (κ3) is 4.42. The van der Waals surface area contributed by atoms with Crippen molar-refractivity contribution >= 4 is 5.97 Å². The molecule has 0 amide bonds. The van der Waals surface area contributed by atoms with E-state index in [1.807, 2.05) is 13.0 Å². The number of aryl methyl sites for hydroxylation is 1. The molecule has 5 nitrogen and oxygen atoms in total. The van der Waals surface area contributed by atoms with E-state index in [1.165, 1.54) is 0 Å². The van der Waals surface area contributed by atoms with Gasteiger partial charge in [-0.05, 0) is 51.5 Å². The molecule has 1 aromatic carbocycles. The van der Waals surface area contributed by atoms with Crippen molar-refractivity contribution in [3.05, 3.63) is 23.8 Å². The number of rotatable bonds is 7. The molecule has 0 saturated carbocycles. The van der Waals surface area contributed by atoms with Crippen molar-refractivity contribution in [3.63, 3.8) is 0 Å². The van der Waals surface area contributed by atoms with Gasteiger partial charge in [0.2, 0.25) is 0 Å². The Morgan fingerprint density at radius 1 is 1.35 bits per heavy atom. The van der Waals surface area contributed by atoms with Gasteiger partial charge in [-0.15, -0.1) is 0 Å². The number of ether oxygens (including phenoxy) is 3. The quantitative estimate of drug-likeness (QED) is 0.775. The highest BCUT2D eigenvalue weighted by Gasteiger charge is 2.32. The second kappa shape index (κ2) is 7.14. The van der Waals surface area contributed by atoms with Crippen LogP contribution in [0.3, 0.4) is 0 Å². The lowest BCUT2D eigenvalue weighted by molar-refractivity contribution is -0.158. The number of hydrogen-bond donors (Lipinski definition) is 1. The van der Waals surface area contributed by atoms with E-state index in [0.29, 0.717) is 25.5 Å². The monoisotopic (exact) mass is 281 g/mol. The minimum Gasteiger partial charge on any atom is -0.492 e. The van der Waals surface area contributed by atoms with Crippen LogP contribution < -0.4 is 15.2 Å². The topological polar surface area (TPSA) is 70.8 Å². The van der Waals surface area contributed by atoms with Gasteiger partial charge in [-0.1, -0.05) is 0 Å². The molecule has 1 aromatic rings. The number of nitrogens with two attached hydrogens (primary N) is 1. The molecule has 0 atom stereocenters. The van der Waals surface area contributed by atoms with Gasteiger partial charge in [-0.2, -0.15) is 0 Å². The summed E-state index contributed by atoms with van der Waals surface area (Å²) < 4.78 is 16.2. The first-order chi connectivity index (χ1) is 9.40. The third-order valence-corrected chi connectivity index (χ3v) is 2.67. The molecule has 112 valence electrons. The van der Waals surface area contributed by atoms with Gasteiger partial charge in [-0.25, -0.2) is 4.79 Å². The Balaban J connectivity index is 2.79. The molecule has 0 aromatic heterocycles. The van der Waals surface area contributed by atoms with E-state index < -0.39 is 5.60 Å². The van der Waals surface area contributed by atoms with Crippen molar-refractivity contribution in [2.45, 2.75) is 33.3 Å². The third-order valence-electron chi connectivity index (χ3n) is 2.67. The van der Waals surface area contributed by atoms with Crippen molar-refractivity contribution in [3.8, 4) is 11.5 Å². The van der Waals surface area contributed by atoms with E-state index in [4.69, 9.17) is 19.9 Å². The normalized spacial score (nSPS) is 11.1. The zero-order valence-electron chi connectivity index (χ0n) is 12.6. The Bertz CT molecular complexity index is 457. The number of hydrogen-bond acceptors (Lipinski definition) is 5. The highest BCUT2D eigenvalue weighted by Crippen LogP contribution is 2.27. The summed E-state index contributed by atoms with van der Waals surface area (Å²) in [4.78, 5) is 11.8. The van der Waals surface area contributed by atoms with Crippen LogP contribution in [0, 0.1) is 6.92 Å². The summed E-state index contributed by atoms with van der Waals surface area (Å²) in [7, 11) is 0. The van der Waals surface area contributed by atoms with E-state index >= 15 is 0 Å². The van der Waals surface area contributed by atoms with Crippen LogP contribution in [0.1, 0.15) is 26.3 Å². The molecule has 0 fully saturated rings. The molecule has 0 aliphatic rings. The lowest BCUT2D eigenvalue weighted by Crippen LogP contribution is -2.39. The number of carbonyl (C=O) groups is 1. The molecule has 1 rings (SSSR count). The summed E-state index contributed by atoms with van der Waals surface area (Å²) in [5, 5.41) is 0. The van der Waals surface area contributed by atoms with Crippen molar-refractivity contribution < 1.29 is 19.0 Å². The largest absolute Gasteiger partial charge is 0.492 e. The van der Waals surface area contributed by atoms with Crippen LogP contribution in [-0.4, -0.2) is 31.3 Å². The average Bonchev–Trinajstić information content (AvgIpc) is 2.39. The summed E-state index contributed by atoms with van der Waals surface area (Å²) >= 11 is 0. The lowest BCUT2D eigenvalue weighted by atomic mass is 10.1. The predicted octanol–water partition coefficient (Wildman–Crippen LogP) is 2.05. The SMILES string of the molecule is CCOC(=O)C(C)(C)Oc1ccc(OCCN)cc1C. The van der Waals surface area contributed by atoms with Gasteiger partial charge < -0.3 is 19.9 Å². The highest BCUT2D eigenvalue weighted by molar-refractivity contribution is 5.79. The lowest BCUT2D eigenvalue weighted by Gasteiger charge is -2.25. The van der Waals surface area contributed by atoms with E-state index in [1.54, 1.807) is 32.9 Å². The number of esters is 1. The van der Waals surface area contributed by atoms with Crippen LogP contribution in [0.2, 0.25) is 0 Å². The van der Waals surface area contributed by atoms with E-state index in [-0.39, 0.29) is 5.97 Å². The second-order valence-electron chi connectivity index (χ2n) is 4.90. The van der Waals surface area contributed by atoms with Crippen molar-refractivity contribution in [1.29, 1.82) is 0 Å². The Kier molecular flexibility index (Phi) is 5.82. The van der Waals surface area contributed by atoms with Crippen LogP contribution in [0.25, 0.3) is 0 Å². The Labute approximate surface area is 120 Å². The smallest absolute Gasteiger partial charge is 0.349 e. The Morgan fingerprint density at radius 3 is 2.60 bits per heavy atom. The summed E-state index contributed by atoms with van der Waals surface area (Å²) in [5.74, 6) is 0.972. The molecule has 0 saturated heterocycles. The molecule has 0 spiro atoms. The van der Waals surface area contributed by atoms with Crippen LogP contribution >= 0.6 is 0 Å². The zero-order valence-corrected chi connectivity index (χ0v) is 12.6. The van der Waals surface area contributed by atoms with Gasteiger partial charge in [0.15, 0.2) is 5.60 Å². The average molecular weight is 281 g/mol. The van der Waals surface area contributed by atoms with Crippen LogP contribution in [0.15, 0.2) is 18.2 Å². The number of benzene rings is 1. The maximum absolute atomic E-state index is 11.8. The summed E-state index contributed by atoms with van der Waals surface area (Å²) in [6.45, 7) is 8.29. The van der Waals surface area contributed by atoms with Gasteiger partial charge in [0.25, 0.3) is 0 Å². The highest BCUT2D eigenvalue weighted by atomic mass is 16.6. The standard InChI is InChI=1S/C15H23NO4/c1-5-18-14(17)15(3,4)20-13-7-6-12(10-11(13)2)19-9-8-16/h6-7,10H,5,8-9,16H2,1-4H3. The first kappa shape index (κ1) is 16.3. The first-order valence-corrected chi connectivity index (χ1v) is 6.70. The maximum atomic E-state index is 11.8. The van der Waals surface area contributed by atoms with Gasteiger partial charge in [-0.3, -0.25) is 0 Å². The molecular weight excluding hydrogens is 258 g/mol. The van der Waals surface area contributed by atoms with Crippen molar-refractivity contribution in [1.82, 2.24) is 0 Å². The fourth-order valence-corrected chi connectivity index (χ4v) is 1.62. The molecule has 20 heavy (non-hydrogen) atoms. The fraction of sp³-hybridized carbons (Fsp3) is 0.533. The van der Waals surface area contributed by atoms with Crippen molar-refractivity contribution in [2.75, 3.05) is 19.8 Å². The zero-order chi connectivity index (χ0) is 15.2. The Morgan fingerprint density at radius 2 is 2.05 bits per heavy atom. The van der Waals surface area contributed by atoms with Gasteiger partial charge in [0, 0.05) is 6.54 Å². The van der Waals surface area contributed by atoms with Gasteiger partial charge in [0.05, 0.1) is 6.61 Å². The maximum Gasteiger partial charge on any atom is 0.349 e. The minimum atomic E-state index is -1.03. The molecule has 0 unspecified atom stereocenters. The molecular formula is C15H23NO4. The van der Waals surface area contributed by atoms with Crippen LogP contribution in [-0.2, 0) is 9.53 Å². The van der Waals surface area contributed by atoms with Crippen LogP contribution in [0.5, 0.6) is 11.5 Å². The summed E-state index contributed by atoms with van der Waals surface area (Å²) in [6.07, 6.45) is 0. The van der Waals surface area contributed by atoms with Crippen LogP contribution in [0.4, 0.5) is 0 Å². The molecule has 0 aliphatic carbocycles. The summed E-state index contributed by atoms with van der Waals surface area (Å²) in [6, 6.07) is 5.42. The Hall–Kier alpha value is -1.75. The van der Waals surface area contributed by atoms with E-state index in [2.05, 4.69) is 0 Å². The predicted molar refractivity (Wildman–Crippen MR) is 77.1 cm³/mol. The number of carbonyl (C=O) groups excluding carboxylic acids is 1. The van der Waals surface area contributed by atoms with Gasteiger partial charge in [0.1, 0.15) is 18.1 Å². The first-order valence-electron chi connectivity index (χ1n) is 6.70. The summed E-state index contributed by atoms with van der Waals surface area (Å²) in [5.41, 5.74) is 5.25. The van der Waals surface area contributed by atoms with E-state index in [0.717, 1.165) is 11.3 Å². The van der Waals surface area contributed by atoms with E-state index in [9.17, 15) is 4.79 Å². The van der Waals surface area contributed by atoms with Gasteiger partial charge >= 0.3 is 5.97 Å². The molecule has 5 heteroatoms. The molecule has 2 N–H and O–H groups in total. The molecule has 0 bridgehead atoms. The van der Waals surface area contributed by atoms with Crippen molar-refractivity contribution in [2.24, 2.45) is 5.73 Å². The molecule has 0 aliphatic heterocycles. The molecule has 0 radical (unpaired) electrons. The molecule has 0 heterocycles.